The fraction of sp³-hybridized carbons (Fsp3) is 0.467. The monoisotopic (exact) mass is 274 g/mol. The molecule has 1 saturated carbocycles. The highest BCUT2D eigenvalue weighted by atomic mass is 16.4. The predicted octanol–water partition coefficient (Wildman–Crippen LogP) is 2.15. The highest BCUT2D eigenvalue weighted by Crippen LogP contribution is 2.32. The van der Waals surface area contributed by atoms with Gasteiger partial charge in [0.2, 0.25) is 0 Å². The fourth-order valence-electron chi connectivity index (χ4n) is 3.15. The van der Waals surface area contributed by atoms with Crippen LogP contribution in [0.5, 0.6) is 0 Å². The Kier molecular flexibility index (Phi) is 3.34. The van der Waals surface area contributed by atoms with E-state index in [1.807, 2.05) is 24.3 Å². The zero-order valence-corrected chi connectivity index (χ0v) is 11.2. The first-order valence-electron chi connectivity index (χ1n) is 7.07. The molecule has 1 aromatic carbocycles. The molecule has 20 heavy (non-hydrogen) atoms. The molecular formula is C15H18N2O3. The van der Waals surface area contributed by atoms with Crippen LogP contribution in [0.1, 0.15) is 31.2 Å². The standard InChI is InChI=1S/C15H18N2O3/c18-14(19)13-9-10-5-1-4-8-12(10)17(13)15(20)16-11-6-2-3-7-11/h1,4-5,8,11,13H,2-3,6-7,9H2,(H,16,20)(H,18,19). The number of urea groups is 1. The van der Waals surface area contributed by atoms with Gasteiger partial charge in [-0.15, -0.1) is 0 Å². The van der Waals surface area contributed by atoms with Gasteiger partial charge in [-0.25, -0.2) is 9.59 Å². The summed E-state index contributed by atoms with van der Waals surface area (Å²) < 4.78 is 0. The first-order chi connectivity index (χ1) is 9.66. The first kappa shape index (κ1) is 13.0. The number of benzene rings is 1. The molecule has 1 aliphatic heterocycles. The second-order valence-corrected chi connectivity index (χ2v) is 5.49. The lowest BCUT2D eigenvalue weighted by molar-refractivity contribution is -0.138. The van der Waals surface area contributed by atoms with Gasteiger partial charge in [0.05, 0.1) is 0 Å². The van der Waals surface area contributed by atoms with Gasteiger partial charge in [0.1, 0.15) is 6.04 Å². The zero-order valence-electron chi connectivity index (χ0n) is 11.2. The molecule has 0 aromatic heterocycles. The van der Waals surface area contributed by atoms with E-state index >= 15 is 0 Å². The lowest BCUT2D eigenvalue weighted by atomic mass is 10.1. The SMILES string of the molecule is O=C(O)C1Cc2ccccc2N1C(=O)NC1CCCC1. The van der Waals surface area contributed by atoms with Gasteiger partial charge in [-0.1, -0.05) is 31.0 Å². The average molecular weight is 274 g/mol. The van der Waals surface area contributed by atoms with E-state index in [0.717, 1.165) is 36.9 Å². The summed E-state index contributed by atoms with van der Waals surface area (Å²) in [7, 11) is 0. The van der Waals surface area contributed by atoms with Crippen molar-refractivity contribution in [3.8, 4) is 0 Å². The largest absolute Gasteiger partial charge is 0.480 e. The summed E-state index contributed by atoms with van der Waals surface area (Å²) in [6, 6.07) is 6.50. The van der Waals surface area contributed by atoms with E-state index in [-0.39, 0.29) is 12.1 Å². The molecule has 0 bridgehead atoms. The number of nitrogens with one attached hydrogen (secondary N) is 1. The number of amides is 2. The van der Waals surface area contributed by atoms with Gasteiger partial charge < -0.3 is 10.4 Å². The van der Waals surface area contributed by atoms with Crippen molar-refractivity contribution >= 4 is 17.7 Å². The number of carboxylic acids is 1. The van der Waals surface area contributed by atoms with Crippen LogP contribution < -0.4 is 10.2 Å². The number of carbonyl (C=O) groups excluding carboxylic acids is 1. The lowest BCUT2D eigenvalue weighted by Gasteiger charge is -2.25. The van der Waals surface area contributed by atoms with Gasteiger partial charge >= 0.3 is 12.0 Å². The number of hydrogen-bond donors (Lipinski definition) is 2. The quantitative estimate of drug-likeness (QED) is 0.868. The number of aliphatic carboxylic acids is 1. The smallest absolute Gasteiger partial charge is 0.327 e. The molecule has 1 aromatic rings. The van der Waals surface area contributed by atoms with E-state index in [2.05, 4.69) is 5.32 Å². The molecule has 2 amide bonds. The van der Waals surface area contributed by atoms with Gasteiger partial charge in [0.25, 0.3) is 0 Å². The number of nitrogens with zero attached hydrogens (tertiary/aromatic N) is 1. The van der Waals surface area contributed by atoms with Gasteiger partial charge in [-0.2, -0.15) is 0 Å². The summed E-state index contributed by atoms with van der Waals surface area (Å²) in [5.41, 5.74) is 1.64. The van der Waals surface area contributed by atoms with Gasteiger partial charge in [0.15, 0.2) is 0 Å². The molecule has 0 saturated heterocycles. The maximum atomic E-state index is 12.4. The van der Waals surface area contributed by atoms with Crippen LogP contribution in [0, 0.1) is 0 Å². The number of hydrogen-bond acceptors (Lipinski definition) is 2. The summed E-state index contributed by atoms with van der Waals surface area (Å²) in [5.74, 6) is -0.956. The van der Waals surface area contributed by atoms with Crippen LogP contribution in [0.25, 0.3) is 0 Å². The van der Waals surface area contributed by atoms with Crippen molar-refractivity contribution in [2.24, 2.45) is 0 Å². The first-order valence-corrected chi connectivity index (χ1v) is 7.07. The van der Waals surface area contributed by atoms with Crippen molar-refractivity contribution < 1.29 is 14.7 Å². The summed E-state index contributed by atoms with van der Waals surface area (Å²) in [5, 5.41) is 12.3. The van der Waals surface area contributed by atoms with Crippen LogP contribution >= 0.6 is 0 Å². The Morgan fingerprint density at radius 1 is 1.20 bits per heavy atom. The highest BCUT2D eigenvalue weighted by molar-refractivity contribution is 6.01. The number of rotatable bonds is 2. The number of carbonyl (C=O) groups is 2. The van der Waals surface area contributed by atoms with Crippen LogP contribution in [0.4, 0.5) is 10.5 Å². The minimum absolute atomic E-state index is 0.185. The number of anilines is 1. The summed E-state index contributed by atoms with van der Waals surface area (Å²) in [6.07, 6.45) is 4.61. The third-order valence-electron chi connectivity index (χ3n) is 4.16. The fourth-order valence-corrected chi connectivity index (χ4v) is 3.15. The van der Waals surface area contributed by atoms with Crippen LogP contribution in [0.3, 0.4) is 0 Å². The van der Waals surface area contributed by atoms with Gasteiger partial charge in [-0.05, 0) is 24.5 Å². The van der Waals surface area contributed by atoms with E-state index in [9.17, 15) is 14.7 Å². The molecule has 106 valence electrons. The highest BCUT2D eigenvalue weighted by Gasteiger charge is 2.38. The molecule has 1 aliphatic carbocycles. The molecule has 1 unspecified atom stereocenters. The number of para-hydroxylation sites is 1. The molecule has 0 spiro atoms. The zero-order chi connectivity index (χ0) is 14.1. The van der Waals surface area contributed by atoms with Gasteiger partial charge in [-0.3, -0.25) is 4.90 Å². The summed E-state index contributed by atoms with van der Waals surface area (Å²) in [4.78, 5) is 25.2. The predicted molar refractivity (Wildman–Crippen MR) is 74.8 cm³/mol. The third-order valence-corrected chi connectivity index (χ3v) is 4.16. The van der Waals surface area contributed by atoms with E-state index in [1.54, 1.807) is 0 Å². The average Bonchev–Trinajstić information content (AvgIpc) is 3.04. The number of fused-ring (bicyclic) bond motifs is 1. The molecule has 2 aliphatic rings. The Balaban J connectivity index is 1.84. The van der Waals surface area contributed by atoms with Crippen molar-refractivity contribution in [3.63, 3.8) is 0 Å². The molecule has 1 fully saturated rings. The maximum Gasteiger partial charge on any atom is 0.327 e. The van der Waals surface area contributed by atoms with E-state index < -0.39 is 12.0 Å². The van der Waals surface area contributed by atoms with E-state index in [1.165, 1.54) is 4.90 Å². The summed E-state index contributed by atoms with van der Waals surface area (Å²) >= 11 is 0. The number of carboxylic acid groups (broad SMARTS) is 1. The molecule has 1 heterocycles. The Morgan fingerprint density at radius 3 is 2.60 bits per heavy atom. The second kappa shape index (κ2) is 5.15. The normalized spacial score (nSPS) is 21.8. The molecule has 3 rings (SSSR count). The Hall–Kier alpha value is -2.04. The minimum Gasteiger partial charge on any atom is -0.480 e. The van der Waals surface area contributed by atoms with E-state index in [0.29, 0.717) is 6.42 Å². The van der Waals surface area contributed by atoms with Gasteiger partial charge in [0, 0.05) is 18.2 Å². The second-order valence-electron chi connectivity index (χ2n) is 5.49. The third kappa shape index (κ3) is 2.24. The lowest BCUT2D eigenvalue weighted by Crippen LogP contribution is -2.50. The molecule has 5 heteroatoms. The Morgan fingerprint density at radius 2 is 1.90 bits per heavy atom. The maximum absolute atomic E-state index is 12.4. The topological polar surface area (TPSA) is 69.6 Å². The minimum atomic E-state index is -0.956. The van der Waals surface area contributed by atoms with Crippen molar-refractivity contribution in [1.29, 1.82) is 0 Å². The van der Waals surface area contributed by atoms with Crippen molar-refractivity contribution in [2.45, 2.75) is 44.2 Å². The molecule has 0 radical (unpaired) electrons. The van der Waals surface area contributed by atoms with Crippen molar-refractivity contribution in [1.82, 2.24) is 5.32 Å². The van der Waals surface area contributed by atoms with Crippen LogP contribution in [-0.2, 0) is 11.2 Å². The van der Waals surface area contributed by atoms with Crippen molar-refractivity contribution in [2.75, 3.05) is 4.90 Å². The Bertz CT molecular complexity index is 538. The molecular weight excluding hydrogens is 256 g/mol. The summed E-state index contributed by atoms with van der Waals surface area (Å²) in [6.45, 7) is 0. The molecule has 1 atom stereocenters. The van der Waals surface area contributed by atoms with E-state index in [4.69, 9.17) is 0 Å². The van der Waals surface area contributed by atoms with Crippen molar-refractivity contribution in [3.05, 3.63) is 29.8 Å². The Labute approximate surface area is 117 Å². The van der Waals surface area contributed by atoms with Crippen LogP contribution in [0.2, 0.25) is 0 Å². The van der Waals surface area contributed by atoms with Crippen LogP contribution in [-0.4, -0.2) is 29.2 Å². The van der Waals surface area contributed by atoms with Crippen LogP contribution in [0.15, 0.2) is 24.3 Å². The molecule has 2 N–H and O–H groups in total. The molecule has 5 nitrogen and oxygen atoms in total.